The van der Waals surface area contributed by atoms with Crippen LogP contribution in [0.5, 0.6) is 0 Å². The van der Waals surface area contributed by atoms with Crippen LogP contribution in [-0.2, 0) is 24.2 Å². The third-order valence-corrected chi connectivity index (χ3v) is 6.19. The lowest BCUT2D eigenvalue weighted by molar-refractivity contribution is -0.134. The third kappa shape index (κ3) is 3.82. The molecule has 3 aromatic rings. The molecule has 4 heterocycles. The molecule has 0 aromatic carbocycles. The number of hydrogen-bond acceptors (Lipinski definition) is 7. The average molecular weight is 436 g/mol. The highest BCUT2D eigenvalue weighted by Gasteiger charge is 2.35. The Morgan fingerprint density at radius 3 is 2.77 bits per heavy atom. The molecule has 158 valence electrons. The fraction of sp³-hybridized carbons (Fsp3) is 0.318. The summed E-state index contributed by atoms with van der Waals surface area (Å²) in [5.74, 6) is 0.231. The Kier molecular flexibility index (Phi) is 5.82. The maximum atomic E-state index is 13.2. The first-order valence-electron chi connectivity index (χ1n) is 10.1. The van der Waals surface area contributed by atoms with Gasteiger partial charge in [-0.25, -0.2) is 9.69 Å². The lowest BCUT2D eigenvalue weighted by Gasteiger charge is -2.20. The molecule has 1 aliphatic heterocycles. The van der Waals surface area contributed by atoms with Crippen molar-refractivity contribution in [1.29, 1.82) is 5.26 Å². The molecule has 0 N–H and O–H groups in total. The maximum Gasteiger partial charge on any atom is 0.285 e. The van der Waals surface area contributed by atoms with E-state index in [1.165, 1.54) is 5.01 Å². The van der Waals surface area contributed by atoms with Crippen molar-refractivity contribution in [2.75, 3.05) is 0 Å². The number of carbonyl (C=O) groups excluding carboxylic acids is 1. The van der Waals surface area contributed by atoms with Crippen LogP contribution in [0.1, 0.15) is 53.8 Å². The van der Waals surface area contributed by atoms with Gasteiger partial charge >= 0.3 is 0 Å². The second kappa shape index (κ2) is 8.70. The summed E-state index contributed by atoms with van der Waals surface area (Å²) in [6.07, 6.45) is 3.17. The van der Waals surface area contributed by atoms with Gasteiger partial charge < -0.3 is 4.42 Å². The first-order valence-corrected chi connectivity index (χ1v) is 10.9. The molecule has 9 heteroatoms. The predicted octanol–water partition coefficient (Wildman–Crippen LogP) is 3.27. The van der Waals surface area contributed by atoms with E-state index in [9.17, 15) is 14.9 Å². The van der Waals surface area contributed by atoms with E-state index in [4.69, 9.17) is 4.42 Å². The van der Waals surface area contributed by atoms with Gasteiger partial charge in [0, 0.05) is 6.42 Å². The molecular weight excluding hydrogens is 414 g/mol. The van der Waals surface area contributed by atoms with Gasteiger partial charge in [0.05, 0.1) is 22.5 Å². The number of thiophene rings is 1. The number of aryl methyl sites for hydroxylation is 1. The monoisotopic (exact) mass is 435 g/mol. The Labute approximate surface area is 183 Å². The zero-order valence-corrected chi connectivity index (χ0v) is 18.1. The van der Waals surface area contributed by atoms with Crippen molar-refractivity contribution in [2.24, 2.45) is 5.10 Å². The van der Waals surface area contributed by atoms with Gasteiger partial charge in [0.15, 0.2) is 0 Å². The van der Waals surface area contributed by atoms with Crippen LogP contribution in [0.2, 0.25) is 0 Å². The standard InChI is InChI=1S/C22H21N5O3S/c1-3-14-15(12-23)22(29)26(24-16(14)4-2)13-21(28)27-18(19-7-5-9-30-19)11-17(25-27)20-8-6-10-31-20/h5-10,18H,3-4,11,13H2,1-2H3. The van der Waals surface area contributed by atoms with E-state index in [-0.39, 0.29) is 12.1 Å². The number of rotatable bonds is 6. The predicted molar refractivity (Wildman–Crippen MR) is 116 cm³/mol. The smallest absolute Gasteiger partial charge is 0.285 e. The van der Waals surface area contributed by atoms with Gasteiger partial charge in [0.2, 0.25) is 0 Å². The summed E-state index contributed by atoms with van der Waals surface area (Å²) in [6.45, 7) is 3.48. The number of hydrazone groups is 1. The molecule has 4 rings (SSSR count). The minimum absolute atomic E-state index is 0.0499. The van der Waals surface area contributed by atoms with Crippen LogP contribution in [0.4, 0.5) is 0 Å². The molecule has 0 fully saturated rings. The highest BCUT2D eigenvalue weighted by Crippen LogP contribution is 2.34. The molecule has 1 atom stereocenters. The van der Waals surface area contributed by atoms with Gasteiger partial charge in [-0.05, 0) is 42.0 Å². The minimum Gasteiger partial charge on any atom is -0.467 e. The number of furan rings is 1. The SMILES string of the molecule is CCc1nn(CC(=O)N2N=C(c3cccs3)CC2c2ccco2)c(=O)c(C#N)c1CC. The van der Waals surface area contributed by atoms with Gasteiger partial charge in [-0.15, -0.1) is 11.3 Å². The van der Waals surface area contributed by atoms with E-state index < -0.39 is 17.5 Å². The van der Waals surface area contributed by atoms with Crippen molar-refractivity contribution in [3.05, 3.63) is 73.7 Å². The van der Waals surface area contributed by atoms with E-state index in [0.717, 1.165) is 15.3 Å². The second-order valence-corrected chi connectivity index (χ2v) is 8.03. The molecule has 0 saturated heterocycles. The summed E-state index contributed by atoms with van der Waals surface area (Å²) in [4.78, 5) is 27.0. The summed E-state index contributed by atoms with van der Waals surface area (Å²) >= 11 is 1.55. The fourth-order valence-corrected chi connectivity index (χ4v) is 4.50. The summed E-state index contributed by atoms with van der Waals surface area (Å²) in [7, 11) is 0. The van der Waals surface area contributed by atoms with Gasteiger partial charge in [-0.3, -0.25) is 9.59 Å². The average Bonchev–Trinajstić information content (AvgIpc) is 3.55. The van der Waals surface area contributed by atoms with Gasteiger partial charge in [0.25, 0.3) is 11.5 Å². The topological polar surface area (TPSA) is 104 Å². The Balaban J connectivity index is 1.69. The van der Waals surface area contributed by atoms with Crippen LogP contribution in [0.25, 0.3) is 0 Å². The van der Waals surface area contributed by atoms with Crippen molar-refractivity contribution >= 4 is 23.0 Å². The molecule has 1 unspecified atom stereocenters. The highest BCUT2D eigenvalue weighted by atomic mass is 32.1. The van der Waals surface area contributed by atoms with Crippen LogP contribution in [-0.4, -0.2) is 26.4 Å². The van der Waals surface area contributed by atoms with Crippen molar-refractivity contribution in [3.63, 3.8) is 0 Å². The lowest BCUT2D eigenvalue weighted by Crippen LogP contribution is -2.36. The summed E-state index contributed by atoms with van der Waals surface area (Å²) in [6, 6.07) is 9.06. The van der Waals surface area contributed by atoms with Crippen molar-refractivity contribution in [1.82, 2.24) is 14.8 Å². The second-order valence-electron chi connectivity index (χ2n) is 7.08. The van der Waals surface area contributed by atoms with E-state index in [2.05, 4.69) is 10.2 Å². The van der Waals surface area contributed by atoms with E-state index in [1.54, 1.807) is 29.7 Å². The van der Waals surface area contributed by atoms with Gasteiger partial charge in [-0.2, -0.15) is 15.5 Å². The van der Waals surface area contributed by atoms with Gasteiger partial charge in [-0.1, -0.05) is 19.9 Å². The van der Waals surface area contributed by atoms with Crippen LogP contribution in [0.3, 0.4) is 0 Å². The molecule has 31 heavy (non-hydrogen) atoms. The molecular formula is C22H21N5O3S. The van der Waals surface area contributed by atoms with Crippen LogP contribution in [0.15, 0.2) is 50.2 Å². The number of nitriles is 1. The van der Waals surface area contributed by atoms with E-state index in [1.807, 2.05) is 37.4 Å². The largest absolute Gasteiger partial charge is 0.467 e. The third-order valence-electron chi connectivity index (χ3n) is 5.27. The van der Waals surface area contributed by atoms with Crippen LogP contribution < -0.4 is 5.56 Å². The zero-order valence-electron chi connectivity index (χ0n) is 17.2. The summed E-state index contributed by atoms with van der Waals surface area (Å²) in [5.41, 5.74) is 1.58. The fourth-order valence-electron chi connectivity index (χ4n) is 3.78. The van der Waals surface area contributed by atoms with Crippen LogP contribution in [0, 0.1) is 11.3 Å². The molecule has 0 spiro atoms. The van der Waals surface area contributed by atoms with E-state index >= 15 is 0 Å². The van der Waals surface area contributed by atoms with Crippen molar-refractivity contribution in [2.45, 2.75) is 45.7 Å². The molecule has 1 aliphatic rings. The molecule has 8 nitrogen and oxygen atoms in total. The molecule has 3 aromatic heterocycles. The normalized spacial score (nSPS) is 15.7. The van der Waals surface area contributed by atoms with Crippen LogP contribution >= 0.6 is 11.3 Å². The first kappa shape index (κ1) is 20.8. The molecule has 0 saturated carbocycles. The molecule has 0 aliphatic carbocycles. The van der Waals surface area contributed by atoms with Crippen molar-refractivity contribution in [3.8, 4) is 6.07 Å². The highest BCUT2D eigenvalue weighted by molar-refractivity contribution is 7.12. The first-order chi connectivity index (χ1) is 15.1. The number of amides is 1. The Hall–Kier alpha value is -3.51. The number of hydrogen-bond donors (Lipinski definition) is 0. The Bertz CT molecular complexity index is 1220. The quantitative estimate of drug-likeness (QED) is 0.591. The molecule has 0 radical (unpaired) electrons. The Morgan fingerprint density at radius 2 is 2.16 bits per heavy atom. The van der Waals surface area contributed by atoms with E-state index in [0.29, 0.717) is 36.3 Å². The number of carbonyl (C=O) groups is 1. The van der Waals surface area contributed by atoms with Crippen molar-refractivity contribution < 1.29 is 9.21 Å². The van der Waals surface area contributed by atoms with Gasteiger partial charge in [0.1, 0.15) is 30.0 Å². The molecule has 0 bridgehead atoms. The minimum atomic E-state index is -0.555. The lowest BCUT2D eigenvalue weighted by atomic mass is 10.0. The number of nitrogens with zero attached hydrogens (tertiary/aromatic N) is 5. The maximum absolute atomic E-state index is 13.2. The zero-order chi connectivity index (χ0) is 22.0. The number of aromatic nitrogens is 2. The summed E-state index contributed by atoms with van der Waals surface area (Å²) < 4.78 is 6.63. The molecule has 1 amide bonds. The Morgan fingerprint density at radius 1 is 1.32 bits per heavy atom. The summed E-state index contributed by atoms with van der Waals surface area (Å²) in [5, 5.41) is 21.8.